The van der Waals surface area contributed by atoms with Crippen molar-refractivity contribution in [2.24, 2.45) is 0 Å². The molecular weight excluding hydrogens is 476 g/mol. The molecule has 3 fully saturated rings. The van der Waals surface area contributed by atoms with Crippen LogP contribution in [0.4, 0.5) is 0 Å². The van der Waals surface area contributed by atoms with E-state index in [2.05, 4.69) is 10.6 Å². The van der Waals surface area contributed by atoms with Gasteiger partial charge in [0.1, 0.15) is 17.8 Å². The molecule has 0 unspecified atom stereocenters. The summed E-state index contributed by atoms with van der Waals surface area (Å²) < 4.78 is 5.31. The van der Waals surface area contributed by atoms with E-state index in [9.17, 15) is 24.3 Å². The molecule has 194 valence electrons. The van der Waals surface area contributed by atoms with Gasteiger partial charge in [-0.3, -0.25) is 19.2 Å². The number of nitrogens with zero attached hydrogens (tertiary/aromatic N) is 2. The van der Waals surface area contributed by atoms with Crippen LogP contribution in [-0.2, 0) is 25.6 Å². The first-order valence-corrected chi connectivity index (χ1v) is 12.4. The van der Waals surface area contributed by atoms with Crippen LogP contribution in [0.5, 0.6) is 5.75 Å². The maximum atomic E-state index is 13.7. The molecule has 0 aliphatic carbocycles. The minimum atomic E-state index is -1.40. The van der Waals surface area contributed by atoms with Crippen LogP contribution < -0.4 is 15.4 Å². The average molecular weight is 507 g/mol. The fourth-order valence-corrected chi connectivity index (χ4v) is 5.61. The van der Waals surface area contributed by atoms with Gasteiger partial charge in [-0.15, -0.1) is 0 Å². The van der Waals surface area contributed by atoms with Crippen LogP contribution in [0.25, 0.3) is 0 Å². The molecule has 3 heterocycles. The molecule has 0 spiro atoms. The summed E-state index contributed by atoms with van der Waals surface area (Å²) in [5.41, 5.74) is 1.18. The number of methoxy groups -OCH3 is 1. The average Bonchev–Trinajstić information content (AvgIpc) is 3.50. The van der Waals surface area contributed by atoms with Gasteiger partial charge in [-0.2, -0.15) is 0 Å². The summed E-state index contributed by atoms with van der Waals surface area (Å²) in [6, 6.07) is 13.2. The molecule has 3 saturated heterocycles. The standard InChI is InChI=1S/C27H30N4O6/c1-37-21-10-6-5-9-17(21)13-22(32)28-18-14-20-25(34)29-19-11-12-30(23(19)26(35)31(20)15-18)27(36)24(33)16-7-3-2-4-8-16/h2-10,18-20,23-24,33H,11-15H2,1H3,(H,28,32)(H,29,34)/t18-,19-,20+,23-,24-/m0/s1. The van der Waals surface area contributed by atoms with Crippen LogP contribution >= 0.6 is 0 Å². The van der Waals surface area contributed by atoms with Crippen molar-refractivity contribution in [3.05, 3.63) is 65.7 Å². The van der Waals surface area contributed by atoms with Gasteiger partial charge >= 0.3 is 0 Å². The van der Waals surface area contributed by atoms with Gasteiger partial charge in [-0.25, -0.2) is 0 Å². The smallest absolute Gasteiger partial charge is 0.256 e. The predicted molar refractivity (Wildman–Crippen MR) is 132 cm³/mol. The second-order valence-corrected chi connectivity index (χ2v) is 9.69. The van der Waals surface area contributed by atoms with Crippen LogP contribution in [0.1, 0.15) is 30.1 Å². The number of fused-ring (bicyclic) bond motifs is 2. The van der Waals surface area contributed by atoms with Crippen molar-refractivity contribution in [1.29, 1.82) is 0 Å². The third kappa shape index (κ3) is 4.76. The summed E-state index contributed by atoms with van der Waals surface area (Å²) in [6.07, 6.45) is -0.580. The molecule has 5 atom stereocenters. The summed E-state index contributed by atoms with van der Waals surface area (Å²) in [4.78, 5) is 55.5. The molecule has 0 bridgehead atoms. The number of hydrogen-bond acceptors (Lipinski definition) is 6. The van der Waals surface area contributed by atoms with E-state index in [1.54, 1.807) is 43.5 Å². The lowest BCUT2D eigenvalue weighted by atomic mass is 10.1. The van der Waals surface area contributed by atoms with Crippen molar-refractivity contribution in [2.75, 3.05) is 20.2 Å². The van der Waals surface area contributed by atoms with Gasteiger partial charge in [0, 0.05) is 24.7 Å². The number of rotatable bonds is 6. The Kier molecular flexibility index (Phi) is 6.84. The first-order valence-electron chi connectivity index (χ1n) is 12.4. The maximum Gasteiger partial charge on any atom is 0.256 e. The van der Waals surface area contributed by atoms with Crippen LogP contribution in [0, 0.1) is 0 Å². The van der Waals surface area contributed by atoms with Crippen LogP contribution in [0.3, 0.4) is 0 Å². The third-order valence-corrected chi connectivity index (χ3v) is 7.41. The summed E-state index contributed by atoms with van der Waals surface area (Å²) in [5, 5.41) is 16.5. The van der Waals surface area contributed by atoms with Gasteiger partial charge in [0.05, 0.1) is 19.6 Å². The number of aliphatic hydroxyl groups excluding tert-OH is 1. The largest absolute Gasteiger partial charge is 0.496 e. The molecule has 3 N–H and O–H groups in total. The third-order valence-electron chi connectivity index (χ3n) is 7.41. The van der Waals surface area contributed by atoms with E-state index >= 15 is 0 Å². The molecule has 3 aliphatic rings. The Bertz CT molecular complexity index is 1200. The van der Waals surface area contributed by atoms with Crippen LogP contribution in [0.2, 0.25) is 0 Å². The Morgan fingerprint density at radius 2 is 1.86 bits per heavy atom. The number of amides is 4. The van der Waals surface area contributed by atoms with E-state index < -0.39 is 36.2 Å². The minimum Gasteiger partial charge on any atom is -0.496 e. The number of nitrogens with one attached hydrogen (secondary N) is 2. The van der Waals surface area contributed by atoms with E-state index in [1.165, 1.54) is 9.80 Å². The van der Waals surface area contributed by atoms with Crippen molar-refractivity contribution in [3.8, 4) is 5.75 Å². The Hall–Kier alpha value is -3.92. The van der Waals surface area contributed by atoms with Gasteiger partial charge in [0.25, 0.3) is 5.91 Å². The monoisotopic (exact) mass is 506 g/mol. The van der Waals surface area contributed by atoms with Crippen molar-refractivity contribution >= 4 is 23.6 Å². The second kappa shape index (κ2) is 10.2. The summed E-state index contributed by atoms with van der Waals surface area (Å²) in [6.45, 7) is 0.419. The lowest BCUT2D eigenvalue weighted by Crippen LogP contribution is -2.53. The number of hydrogen-bond donors (Lipinski definition) is 3. The fraction of sp³-hybridized carbons (Fsp3) is 0.407. The number of carbonyl (C=O) groups is 4. The Morgan fingerprint density at radius 3 is 2.62 bits per heavy atom. The summed E-state index contributed by atoms with van der Waals surface area (Å²) >= 11 is 0. The zero-order valence-electron chi connectivity index (χ0n) is 20.5. The van der Waals surface area contributed by atoms with Crippen molar-refractivity contribution in [2.45, 2.75) is 49.5 Å². The Balaban J connectivity index is 1.28. The molecule has 0 aromatic heterocycles. The molecule has 3 aliphatic heterocycles. The molecule has 0 saturated carbocycles. The molecular formula is C27H30N4O6. The number of aliphatic hydroxyl groups is 1. The summed E-state index contributed by atoms with van der Waals surface area (Å²) in [7, 11) is 1.54. The lowest BCUT2D eigenvalue weighted by Gasteiger charge is -2.30. The summed E-state index contributed by atoms with van der Waals surface area (Å²) in [5.74, 6) is -0.828. The first-order chi connectivity index (χ1) is 17.9. The molecule has 0 radical (unpaired) electrons. The Morgan fingerprint density at radius 1 is 1.14 bits per heavy atom. The molecule has 2 aromatic rings. The SMILES string of the molecule is COc1ccccc1CC(=O)N[C@H]1C[C@@H]2C(=O)N[C@H]3CCN(C(=O)[C@@H](O)c4ccccc4)[C@@H]3C(=O)N2C1. The number of ether oxygens (including phenoxy) is 1. The highest BCUT2D eigenvalue weighted by molar-refractivity contribution is 5.97. The molecule has 2 aromatic carbocycles. The van der Waals surface area contributed by atoms with E-state index in [0.29, 0.717) is 17.7 Å². The zero-order valence-corrected chi connectivity index (χ0v) is 20.5. The normalized spacial score (nSPS) is 25.6. The first kappa shape index (κ1) is 24.8. The van der Waals surface area contributed by atoms with E-state index in [0.717, 1.165) is 5.56 Å². The predicted octanol–water partition coefficient (Wildman–Crippen LogP) is 0.156. The van der Waals surface area contributed by atoms with E-state index in [-0.39, 0.29) is 43.7 Å². The molecule has 37 heavy (non-hydrogen) atoms. The van der Waals surface area contributed by atoms with Gasteiger partial charge in [-0.05, 0) is 24.5 Å². The quantitative estimate of drug-likeness (QED) is 0.512. The highest BCUT2D eigenvalue weighted by atomic mass is 16.5. The van der Waals surface area contributed by atoms with Crippen molar-refractivity contribution < 1.29 is 29.0 Å². The fourth-order valence-electron chi connectivity index (χ4n) is 5.61. The van der Waals surface area contributed by atoms with Gasteiger partial charge in [-0.1, -0.05) is 48.5 Å². The zero-order chi connectivity index (χ0) is 26.1. The van der Waals surface area contributed by atoms with E-state index in [1.807, 2.05) is 18.2 Å². The number of para-hydroxylation sites is 1. The van der Waals surface area contributed by atoms with Gasteiger partial charge in [0.15, 0.2) is 6.10 Å². The molecule has 5 rings (SSSR count). The minimum absolute atomic E-state index is 0.107. The van der Waals surface area contributed by atoms with Crippen molar-refractivity contribution in [3.63, 3.8) is 0 Å². The molecule has 10 nitrogen and oxygen atoms in total. The van der Waals surface area contributed by atoms with Gasteiger partial charge < -0.3 is 30.3 Å². The van der Waals surface area contributed by atoms with Crippen LogP contribution in [0.15, 0.2) is 54.6 Å². The second-order valence-electron chi connectivity index (χ2n) is 9.69. The maximum absolute atomic E-state index is 13.7. The number of benzene rings is 2. The topological polar surface area (TPSA) is 128 Å². The molecule has 4 amide bonds. The van der Waals surface area contributed by atoms with Crippen LogP contribution in [-0.4, -0.2) is 82.9 Å². The Labute approximate surface area is 214 Å². The van der Waals surface area contributed by atoms with Crippen molar-refractivity contribution in [1.82, 2.24) is 20.4 Å². The van der Waals surface area contributed by atoms with E-state index in [4.69, 9.17) is 4.74 Å². The number of likely N-dealkylation sites (tertiary alicyclic amines) is 1. The highest BCUT2D eigenvalue weighted by Gasteiger charge is 2.53. The highest BCUT2D eigenvalue weighted by Crippen LogP contribution is 2.31. The number of carbonyl (C=O) groups excluding carboxylic acids is 4. The van der Waals surface area contributed by atoms with Gasteiger partial charge in [0.2, 0.25) is 17.7 Å². The molecule has 10 heteroatoms. The lowest BCUT2D eigenvalue weighted by molar-refractivity contribution is -0.149.